The summed E-state index contributed by atoms with van der Waals surface area (Å²) >= 11 is 0. The van der Waals surface area contributed by atoms with Crippen molar-refractivity contribution in [2.45, 2.75) is 57.2 Å². The summed E-state index contributed by atoms with van der Waals surface area (Å²) in [6, 6.07) is 6.04. The Morgan fingerprint density at radius 2 is 2.03 bits per heavy atom. The van der Waals surface area contributed by atoms with Gasteiger partial charge in [-0.2, -0.15) is 4.98 Å². The Morgan fingerprint density at radius 3 is 2.72 bits per heavy atom. The molecule has 2 fully saturated rings. The lowest BCUT2D eigenvalue weighted by atomic mass is 9.92. The van der Waals surface area contributed by atoms with Crippen LogP contribution in [-0.4, -0.2) is 41.7 Å². The van der Waals surface area contributed by atoms with Crippen LogP contribution < -0.4 is 15.0 Å². The first-order chi connectivity index (χ1) is 14.0. The predicted octanol–water partition coefficient (Wildman–Crippen LogP) is 3.48. The second kappa shape index (κ2) is 6.69. The molecule has 152 valence electrons. The fourth-order valence-corrected chi connectivity index (χ4v) is 4.37. The van der Waals surface area contributed by atoms with Gasteiger partial charge in [-0.25, -0.2) is 4.98 Å². The van der Waals surface area contributed by atoms with Gasteiger partial charge >= 0.3 is 0 Å². The van der Waals surface area contributed by atoms with E-state index in [0.717, 1.165) is 49.3 Å². The number of anilines is 3. The monoisotopic (exact) mass is 394 g/mol. The average Bonchev–Trinajstić information content (AvgIpc) is 3.34. The van der Waals surface area contributed by atoms with Crippen LogP contribution in [0.15, 0.2) is 24.4 Å². The lowest BCUT2D eigenvalue weighted by Crippen LogP contribution is -2.39. The van der Waals surface area contributed by atoms with Crippen molar-refractivity contribution in [1.29, 1.82) is 0 Å². The third-order valence-electron chi connectivity index (χ3n) is 6.24. The third kappa shape index (κ3) is 3.33. The highest BCUT2D eigenvalue weighted by atomic mass is 16.5. The minimum Gasteiger partial charge on any atom is -0.474 e. The third-order valence-corrected chi connectivity index (χ3v) is 6.24. The predicted molar refractivity (Wildman–Crippen MR) is 110 cm³/mol. The molecule has 0 atom stereocenters. The fraction of sp³-hybridized carbons (Fsp3) is 0.500. The van der Waals surface area contributed by atoms with Crippen LogP contribution in [0.3, 0.4) is 0 Å². The summed E-state index contributed by atoms with van der Waals surface area (Å²) < 4.78 is 11.5. The number of hydrogen-bond acceptors (Lipinski definition) is 6. The maximum atomic E-state index is 11.5. The normalized spacial score (nSPS) is 23.5. The number of carbonyl (C=O) groups excluding carboxylic acids is 1. The van der Waals surface area contributed by atoms with Crippen LogP contribution in [0.4, 0.5) is 17.3 Å². The maximum absolute atomic E-state index is 11.5. The molecule has 2 saturated carbocycles. The summed E-state index contributed by atoms with van der Waals surface area (Å²) in [6.07, 6.45) is 6.51. The Kier molecular flexibility index (Phi) is 4.24. The Bertz CT molecular complexity index is 967. The Hall–Kier alpha value is -2.67. The molecule has 1 amide bonds. The number of carbonyl (C=O) groups is 1. The van der Waals surface area contributed by atoms with Gasteiger partial charge in [0, 0.05) is 62.7 Å². The van der Waals surface area contributed by atoms with Crippen molar-refractivity contribution in [3.05, 3.63) is 35.5 Å². The van der Waals surface area contributed by atoms with Gasteiger partial charge in [-0.05, 0) is 31.4 Å². The molecule has 2 aromatic heterocycles. The number of nitrogens with one attached hydrogen (secondary N) is 1. The van der Waals surface area contributed by atoms with Gasteiger partial charge in [0.2, 0.25) is 11.8 Å². The molecule has 3 heterocycles. The second-order valence-electron chi connectivity index (χ2n) is 8.54. The molecule has 7 heteroatoms. The van der Waals surface area contributed by atoms with E-state index in [9.17, 15) is 4.79 Å². The summed E-state index contributed by atoms with van der Waals surface area (Å²) in [6.45, 7) is 4.45. The minimum absolute atomic E-state index is 0.123. The Morgan fingerprint density at radius 1 is 1.24 bits per heavy atom. The van der Waals surface area contributed by atoms with E-state index in [1.807, 2.05) is 18.3 Å². The SMILES string of the molecule is COC1CC(Oc2cc(C)cc(N3CC4(CC4)c4cnc(NC(C)=O)cc43)n2)C1. The van der Waals surface area contributed by atoms with Crippen molar-refractivity contribution in [1.82, 2.24) is 9.97 Å². The number of aromatic nitrogens is 2. The summed E-state index contributed by atoms with van der Waals surface area (Å²) in [5.74, 6) is 1.99. The Labute approximate surface area is 170 Å². The number of fused-ring (bicyclic) bond motifs is 2. The molecule has 3 aliphatic rings. The van der Waals surface area contributed by atoms with Crippen molar-refractivity contribution in [2.24, 2.45) is 0 Å². The smallest absolute Gasteiger partial charge is 0.222 e. The van der Waals surface area contributed by atoms with Crippen LogP contribution >= 0.6 is 0 Å². The van der Waals surface area contributed by atoms with E-state index in [0.29, 0.717) is 17.8 Å². The van der Waals surface area contributed by atoms with Gasteiger partial charge in [0.1, 0.15) is 17.7 Å². The highest BCUT2D eigenvalue weighted by Gasteiger charge is 2.52. The quantitative estimate of drug-likeness (QED) is 0.837. The van der Waals surface area contributed by atoms with Gasteiger partial charge in [-0.3, -0.25) is 4.79 Å². The molecule has 1 aliphatic heterocycles. The van der Waals surface area contributed by atoms with Gasteiger partial charge < -0.3 is 19.7 Å². The first-order valence-electron chi connectivity index (χ1n) is 10.2. The van der Waals surface area contributed by atoms with Crippen molar-refractivity contribution in [3.63, 3.8) is 0 Å². The summed E-state index contributed by atoms with van der Waals surface area (Å²) in [7, 11) is 1.74. The molecule has 2 aliphatic carbocycles. The second-order valence-corrected chi connectivity index (χ2v) is 8.54. The van der Waals surface area contributed by atoms with Crippen LogP contribution in [-0.2, 0) is 14.9 Å². The molecule has 0 unspecified atom stereocenters. The van der Waals surface area contributed by atoms with Crippen LogP contribution in [0.1, 0.15) is 43.7 Å². The van der Waals surface area contributed by atoms with E-state index in [-0.39, 0.29) is 17.4 Å². The molecule has 0 aromatic carbocycles. The molecular weight excluding hydrogens is 368 g/mol. The number of hydrogen-bond donors (Lipinski definition) is 1. The maximum Gasteiger partial charge on any atom is 0.222 e. The van der Waals surface area contributed by atoms with Crippen molar-refractivity contribution < 1.29 is 14.3 Å². The number of methoxy groups -OCH3 is 1. The van der Waals surface area contributed by atoms with Crippen molar-refractivity contribution in [3.8, 4) is 5.88 Å². The van der Waals surface area contributed by atoms with E-state index in [1.54, 1.807) is 7.11 Å². The van der Waals surface area contributed by atoms with Crippen LogP contribution in [0, 0.1) is 6.92 Å². The van der Waals surface area contributed by atoms with E-state index in [1.165, 1.54) is 12.5 Å². The molecule has 0 bridgehead atoms. The zero-order valence-electron chi connectivity index (χ0n) is 17.1. The number of ether oxygens (including phenoxy) is 2. The molecule has 1 N–H and O–H groups in total. The van der Waals surface area contributed by atoms with E-state index < -0.39 is 0 Å². The molecular formula is C22H26N4O3. The van der Waals surface area contributed by atoms with Crippen molar-refractivity contribution >= 4 is 23.2 Å². The van der Waals surface area contributed by atoms with E-state index in [4.69, 9.17) is 14.5 Å². The van der Waals surface area contributed by atoms with Crippen LogP contribution in [0.2, 0.25) is 0 Å². The number of amides is 1. The van der Waals surface area contributed by atoms with Gasteiger partial charge in [0.25, 0.3) is 0 Å². The fourth-order valence-electron chi connectivity index (χ4n) is 4.37. The largest absolute Gasteiger partial charge is 0.474 e. The van der Waals surface area contributed by atoms with Gasteiger partial charge in [0.15, 0.2) is 0 Å². The van der Waals surface area contributed by atoms with Gasteiger partial charge in [-0.15, -0.1) is 0 Å². The molecule has 0 saturated heterocycles. The van der Waals surface area contributed by atoms with E-state index >= 15 is 0 Å². The van der Waals surface area contributed by atoms with Crippen LogP contribution in [0.5, 0.6) is 5.88 Å². The molecule has 1 spiro atoms. The highest BCUT2D eigenvalue weighted by molar-refractivity contribution is 5.89. The number of aryl methyl sites for hydroxylation is 1. The van der Waals surface area contributed by atoms with Crippen molar-refractivity contribution in [2.75, 3.05) is 23.9 Å². The standard InChI is InChI=1S/C22H26N4O3/c1-13-6-20(25-21(7-13)29-16-8-15(9-16)28-3)26-12-22(4-5-22)17-11-23-19(10-18(17)26)24-14(2)27/h6-7,10-11,15-16H,4-5,8-9,12H2,1-3H3,(H,23,24,27). The Balaban J connectivity index is 1.45. The molecule has 7 nitrogen and oxygen atoms in total. The van der Waals surface area contributed by atoms with E-state index in [2.05, 4.69) is 28.2 Å². The van der Waals surface area contributed by atoms with Crippen LogP contribution in [0.25, 0.3) is 0 Å². The minimum atomic E-state index is -0.123. The summed E-state index contributed by atoms with van der Waals surface area (Å²) in [5.41, 5.74) is 3.61. The first-order valence-corrected chi connectivity index (χ1v) is 10.2. The van der Waals surface area contributed by atoms with Gasteiger partial charge in [0.05, 0.1) is 11.8 Å². The number of pyridine rings is 2. The summed E-state index contributed by atoms with van der Waals surface area (Å²) in [4.78, 5) is 23.0. The number of rotatable bonds is 5. The number of nitrogens with zero attached hydrogens (tertiary/aromatic N) is 3. The average molecular weight is 394 g/mol. The highest BCUT2D eigenvalue weighted by Crippen LogP contribution is 2.58. The molecule has 5 rings (SSSR count). The lowest BCUT2D eigenvalue weighted by molar-refractivity contribution is -0.114. The molecule has 0 radical (unpaired) electrons. The summed E-state index contributed by atoms with van der Waals surface area (Å²) in [5, 5.41) is 2.79. The molecule has 29 heavy (non-hydrogen) atoms. The lowest BCUT2D eigenvalue weighted by Gasteiger charge is -2.34. The topological polar surface area (TPSA) is 76.6 Å². The zero-order chi connectivity index (χ0) is 20.2. The van der Waals surface area contributed by atoms with Gasteiger partial charge in [-0.1, -0.05) is 0 Å². The molecule has 2 aromatic rings. The zero-order valence-corrected chi connectivity index (χ0v) is 17.1. The first kappa shape index (κ1) is 18.4.